The van der Waals surface area contributed by atoms with Crippen LogP contribution in [0.4, 0.5) is 14.6 Å². The molecule has 0 spiro atoms. The van der Waals surface area contributed by atoms with Crippen LogP contribution in [0, 0.1) is 11.6 Å². The lowest BCUT2D eigenvalue weighted by Gasteiger charge is -2.15. The standard InChI is InChI=1S/C23H16ClF2N5O3S/c1-30-23(7-8-28-30)29-35(32,33)21-13-16(25)20(12-17(21)26)34-19-6-5-14(24)11-15(19)18-3-2-4-22-27-9-10-31(18)22/h2-13,29H,1H3. The Hall–Kier alpha value is -3.96. The van der Waals surface area contributed by atoms with E-state index in [1.807, 2.05) is 6.07 Å². The number of benzene rings is 2. The van der Waals surface area contributed by atoms with Crippen molar-refractivity contribution in [1.82, 2.24) is 19.2 Å². The Bertz CT molecular complexity index is 1680. The summed E-state index contributed by atoms with van der Waals surface area (Å²) in [6, 6.07) is 12.7. The van der Waals surface area contributed by atoms with Crippen LogP contribution in [0.3, 0.4) is 0 Å². The average Bonchev–Trinajstić information content (AvgIpc) is 3.45. The van der Waals surface area contributed by atoms with Gasteiger partial charge in [-0.25, -0.2) is 22.2 Å². The zero-order valence-corrected chi connectivity index (χ0v) is 19.6. The van der Waals surface area contributed by atoms with Gasteiger partial charge in [0.1, 0.15) is 27.9 Å². The van der Waals surface area contributed by atoms with Gasteiger partial charge in [-0.15, -0.1) is 0 Å². The van der Waals surface area contributed by atoms with E-state index in [1.165, 1.54) is 30.1 Å². The van der Waals surface area contributed by atoms with E-state index >= 15 is 0 Å². The van der Waals surface area contributed by atoms with Crippen molar-refractivity contribution < 1.29 is 21.9 Å². The maximum Gasteiger partial charge on any atom is 0.266 e. The van der Waals surface area contributed by atoms with E-state index in [0.717, 1.165) is 0 Å². The summed E-state index contributed by atoms with van der Waals surface area (Å²) >= 11 is 6.20. The van der Waals surface area contributed by atoms with Gasteiger partial charge < -0.3 is 4.74 Å². The number of anilines is 1. The van der Waals surface area contributed by atoms with Crippen LogP contribution < -0.4 is 9.46 Å². The van der Waals surface area contributed by atoms with Gasteiger partial charge in [0.05, 0.1) is 11.9 Å². The Kier molecular flexibility index (Phi) is 5.65. The summed E-state index contributed by atoms with van der Waals surface area (Å²) in [5.74, 6) is -2.49. The third-order valence-corrected chi connectivity index (χ3v) is 6.81. The summed E-state index contributed by atoms with van der Waals surface area (Å²) in [5.41, 5.74) is 1.81. The van der Waals surface area contributed by atoms with Crippen LogP contribution in [0.1, 0.15) is 0 Å². The Morgan fingerprint density at radius 2 is 1.83 bits per heavy atom. The number of nitrogens with one attached hydrogen (secondary N) is 1. The zero-order valence-electron chi connectivity index (χ0n) is 18.0. The largest absolute Gasteiger partial charge is 0.453 e. The smallest absolute Gasteiger partial charge is 0.266 e. The number of ether oxygens (including phenoxy) is 1. The van der Waals surface area contributed by atoms with E-state index in [2.05, 4.69) is 14.8 Å². The highest BCUT2D eigenvalue weighted by Gasteiger charge is 2.24. The Labute approximate surface area is 203 Å². The summed E-state index contributed by atoms with van der Waals surface area (Å²) in [6.45, 7) is 0. The fourth-order valence-electron chi connectivity index (χ4n) is 3.54. The zero-order chi connectivity index (χ0) is 24.7. The van der Waals surface area contributed by atoms with Gasteiger partial charge in [0, 0.05) is 48.2 Å². The van der Waals surface area contributed by atoms with Gasteiger partial charge in [0.2, 0.25) is 0 Å². The van der Waals surface area contributed by atoms with Crippen molar-refractivity contribution in [3.8, 4) is 22.8 Å². The molecule has 0 aliphatic carbocycles. The molecule has 0 bridgehead atoms. The molecular weight excluding hydrogens is 500 g/mol. The highest BCUT2D eigenvalue weighted by molar-refractivity contribution is 7.92. The molecule has 178 valence electrons. The molecule has 3 aromatic heterocycles. The molecule has 5 aromatic rings. The van der Waals surface area contributed by atoms with Crippen LogP contribution in [0.2, 0.25) is 5.02 Å². The normalized spacial score (nSPS) is 11.7. The van der Waals surface area contributed by atoms with Crippen LogP contribution >= 0.6 is 11.6 Å². The minimum atomic E-state index is -4.43. The predicted octanol–water partition coefficient (Wildman–Crippen LogP) is 5.26. The number of aromatic nitrogens is 4. The second-order valence-electron chi connectivity index (χ2n) is 7.47. The van der Waals surface area contributed by atoms with Gasteiger partial charge >= 0.3 is 0 Å². The van der Waals surface area contributed by atoms with Crippen molar-refractivity contribution in [2.45, 2.75) is 4.90 Å². The number of hydrogen-bond donors (Lipinski definition) is 1. The van der Waals surface area contributed by atoms with Crippen molar-refractivity contribution in [2.75, 3.05) is 4.72 Å². The highest BCUT2D eigenvalue weighted by Crippen LogP contribution is 2.37. The van der Waals surface area contributed by atoms with Gasteiger partial charge in [-0.1, -0.05) is 17.7 Å². The van der Waals surface area contributed by atoms with Crippen molar-refractivity contribution >= 4 is 33.1 Å². The molecule has 0 aliphatic rings. The monoisotopic (exact) mass is 515 g/mol. The van der Waals surface area contributed by atoms with E-state index in [0.29, 0.717) is 34.1 Å². The fraction of sp³-hybridized carbons (Fsp3) is 0.0435. The summed E-state index contributed by atoms with van der Waals surface area (Å²) in [6.07, 6.45) is 4.72. The first-order chi connectivity index (χ1) is 16.7. The number of rotatable bonds is 6. The topological polar surface area (TPSA) is 90.5 Å². The van der Waals surface area contributed by atoms with Crippen LogP contribution in [0.15, 0.2) is 78.1 Å². The van der Waals surface area contributed by atoms with E-state index in [9.17, 15) is 17.2 Å². The number of nitrogens with zero attached hydrogens (tertiary/aromatic N) is 4. The van der Waals surface area contributed by atoms with E-state index in [-0.39, 0.29) is 11.6 Å². The minimum absolute atomic E-state index is 0.0876. The highest BCUT2D eigenvalue weighted by atomic mass is 35.5. The molecular formula is C23H16ClF2N5O3S. The molecule has 12 heteroatoms. The molecule has 0 amide bonds. The Morgan fingerprint density at radius 1 is 1.00 bits per heavy atom. The van der Waals surface area contributed by atoms with Crippen LogP contribution in [0.25, 0.3) is 16.9 Å². The predicted molar refractivity (Wildman–Crippen MR) is 126 cm³/mol. The number of imidazole rings is 1. The third kappa shape index (κ3) is 4.31. The fourth-order valence-corrected chi connectivity index (χ4v) is 4.87. The summed E-state index contributed by atoms with van der Waals surface area (Å²) in [7, 11) is -2.93. The second-order valence-corrected chi connectivity index (χ2v) is 9.55. The lowest BCUT2D eigenvalue weighted by atomic mass is 10.1. The van der Waals surface area contributed by atoms with Gasteiger partial charge in [-0.2, -0.15) is 5.10 Å². The third-order valence-electron chi connectivity index (χ3n) is 5.20. The summed E-state index contributed by atoms with van der Waals surface area (Å²) in [5, 5.41) is 4.24. The molecule has 0 radical (unpaired) electrons. The lowest BCUT2D eigenvalue weighted by molar-refractivity contribution is 0.433. The van der Waals surface area contributed by atoms with E-state index < -0.39 is 32.3 Å². The molecule has 0 aliphatic heterocycles. The minimum Gasteiger partial charge on any atom is -0.453 e. The van der Waals surface area contributed by atoms with Crippen LogP contribution in [-0.2, 0) is 17.1 Å². The van der Waals surface area contributed by atoms with Gasteiger partial charge in [0.25, 0.3) is 10.0 Å². The molecule has 2 aromatic carbocycles. The molecule has 1 N–H and O–H groups in total. The number of aryl methyl sites for hydroxylation is 1. The molecule has 0 atom stereocenters. The summed E-state index contributed by atoms with van der Waals surface area (Å²) < 4.78 is 66.1. The van der Waals surface area contributed by atoms with Gasteiger partial charge in [-0.3, -0.25) is 13.8 Å². The Morgan fingerprint density at radius 3 is 2.60 bits per heavy atom. The van der Waals surface area contributed by atoms with Crippen LogP contribution in [0.5, 0.6) is 11.5 Å². The Balaban J connectivity index is 1.53. The van der Waals surface area contributed by atoms with Crippen molar-refractivity contribution in [3.63, 3.8) is 0 Å². The van der Waals surface area contributed by atoms with E-state index in [1.54, 1.807) is 41.1 Å². The number of fused-ring (bicyclic) bond motifs is 1. The molecule has 35 heavy (non-hydrogen) atoms. The first-order valence-electron chi connectivity index (χ1n) is 10.1. The first kappa shape index (κ1) is 22.8. The maximum absolute atomic E-state index is 15.0. The molecule has 5 rings (SSSR count). The number of pyridine rings is 1. The molecule has 8 nitrogen and oxygen atoms in total. The second kappa shape index (κ2) is 8.67. The van der Waals surface area contributed by atoms with Crippen molar-refractivity contribution in [3.05, 3.63) is 89.8 Å². The SMILES string of the molecule is Cn1nccc1NS(=O)(=O)c1cc(F)c(Oc2ccc(Cl)cc2-c2cccc3nccn23)cc1F. The molecule has 3 heterocycles. The quantitative estimate of drug-likeness (QED) is 0.333. The molecule has 0 saturated carbocycles. The molecule has 0 unspecified atom stereocenters. The maximum atomic E-state index is 15.0. The van der Waals surface area contributed by atoms with E-state index in [4.69, 9.17) is 16.3 Å². The number of sulfonamides is 1. The number of halogens is 3. The van der Waals surface area contributed by atoms with Crippen LogP contribution in [-0.4, -0.2) is 27.6 Å². The van der Waals surface area contributed by atoms with Crippen molar-refractivity contribution in [1.29, 1.82) is 0 Å². The summed E-state index contributed by atoms with van der Waals surface area (Å²) in [4.78, 5) is 3.37. The van der Waals surface area contributed by atoms with Gasteiger partial charge in [-0.05, 0) is 30.3 Å². The van der Waals surface area contributed by atoms with Crippen molar-refractivity contribution in [2.24, 2.45) is 7.05 Å². The number of hydrogen-bond acceptors (Lipinski definition) is 5. The average molecular weight is 516 g/mol. The first-order valence-corrected chi connectivity index (χ1v) is 12.0. The van der Waals surface area contributed by atoms with Gasteiger partial charge in [0.15, 0.2) is 11.6 Å². The molecule has 0 saturated heterocycles. The molecule has 0 fully saturated rings. The lowest BCUT2D eigenvalue weighted by Crippen LogP contribution is -2.17.